The fourth-order valence-corrected chi connectivity index (χ4v) is 5.34. The van der Waals surface area contributed by atoms with Gasteiger partial charge < -0.3 is 5.32 Å². The number of amides is 1. The third-order valence-corrected chi connectivity index (χ3v) is 6.92. The molecule has 1 amide bonds. The van der Waals surface area contributed by atoms with E-state index in [2.05, 4.69) is 39.6 Å². The third-order valence-electron chi connectivity index (χ3n) is 2.97. The molecular formula is C14H14N4OS4. The number of hydrogen-bond donors (Lipinski definition) is 1. The normalized spacial score (nSPS) is 11.1. The van der Waals surface area contributed by atoms with Crippen LogP contribution < -0.4 is 5.32 Å². The van der Waals surface area contributed by atoms with Crippen molar-refractivity contribution < 1.29 is 4.79 Å². The minimum atomic E-state index is -0.0793. The third kappa shape index (κ3) is 4.03. The molecule has 5 nitrogen and oxygen atoms in total. The van der Waals surface area contributed by atoms with Gasteiger partial charge >= 0.3 is 0 Å². The van der Waals surface area contributed by atoms with E-state index in [0.717, 1.165) is 24.5 Å². The zero-order valence-corrected chi connectivity index (χ0v) is 16.0. The second kappa shape index (κ2) is 7.16. The largest absolute Gasteiger partial charge is 0.301 e. The number of aromatic nitrogens is 3. The van der Waals surface area contributed by atoms with Crippen molar-refractivity contribution in [2.24, 2.45) is 0 Å². The summed E-state index contributed by atoms with van der Waals surface area (Å²) < 4.78 is 2.81. The van der Waals surface area contributed by atoms with Crippen LogP contribution in [0.2, 0.25) is 0 Å². The summed E-state index contributed by atoms with van der Waals surface area (Å²) in [6.45, 7) is 4.10. The van der Waals surface area contributed by atoms with Crippen molar-refractivity contribution in [2.45, 2.75) is 22.5 Å². The van der Waals surface area contributed by atoms with E-state index >= 15 is 0 Å². The minimum Gasteiger partial charge on any atom is -0.301 e. The summed E-state index contributed by atoms with van der Waals surface area (Å²) in [6.07, 6.45) is 1.96. The summed E-state index contributed by atoms with van der Waals surface area (Å²) in [5.74, 6) is 0.223. The molecule has 120 valence electrons. The van der Waals surface area contributed by atoms with Crippen LogP contribution in [0, 0.1) is 13.8 Å². The maximum atomic E-state index is 12.1. The molecule has 1 aromatic carbocycles. The molecule has 0 spiro atoms. The van der Waals surface area contributed by atoms with Crippen molar-refractivity contribution in [1.82, 2.24) is 15.2 Å². The molecule has 0 aliphatic carbocycles. The number of carbonyl (C=O) groups excluding carboxylic acids is 1. The Morgan fingerprint density at radius 2 is 2.00 bits per heavy atom. The highest BCUT2D eigenvalue weighted by Gasteiger charge is 2.12. The maximum Gasteiger partial charge on any atom is 0.236 e. The van der Waals surface area contributed by atoms with Crippen molar-refractivity contribution in [3.8, 4) is 0 Å². The molecule has 9 heteroatoms. The highest BCUT2D eigenvalue weighted by molar-refractivity contribution is 8.03. The number of hydrogen-bond acceptors (Lipinski definition) is 8. The van der Waals surface area contributed by atoms with Crippen LogP contribution in [-0.2, 0) is 4.79 Å². The van der Waals surface area contributed by atoms with Crippen LogP contribution >= 0.6 is 46.2 Å². The lowest BCUT2D eigenvalue weighted by Gasteiger charge is -1.98. The molecule has 0 radical (unpaired) electrons. The first-order valence-electron chi connectivity index (χ1n) is 6.73. The lowest BCUT2D eigenvalue weighted by atomic mass is 10.1. The van der Waals surface area contributed by atoms with E-state index in [1.807, 2.05) is 13.2 Å². The zero-order chi connectivity index (χ0) is 16.4. The summed E-state index contributed by atoms with van der Waals surface area (Å²) in [5.41, 5.74) is 3.29. The summed E-state index contributed by atoms with van der Waals surface area (Å²) in [5, 5.41) is 11.6. The Balaban J connectivity index is 1.64. The summed E-state index contributed by atoms with van der Waals surface area (Å²) >= 11 is 5.95. The molecule has 0 aliphatic rings. The fourth-order valence-electron chi connectivity index (χ4n) is 2.04. The van der Waals surface area contributed by atoms with Crippen LogP contribution in [0.5, 0.6) is 0 Å². The molecular weight excluding hydrogens is 368 g/mol. The lowest BCUT2D eigenvalue weighted by molar-refractivity contribution is -0.113. The van der Waals surface area contributed by atoms with Gasteiger partial charge in [0.05, 0.1) is 16.0 Å². The number of nitrogens with zero attached hydrogens (tertiary/aromatic N) is 3. The number of fused-ring (bicyclic) bond motifs is 1. The SMILES string of the molecule is CSc1nnc(SCC(=O)Nc2nc3c(C)cc(C)cc3s2)s1. The Hall–Kier alpha value is -1.16. The van der Waals surface area contributed by atoms with Gasteiger partial charge in [0.2, 0.25) is 5.91 Å². The number of benzene rings is 1. The van der Waals surface area contributed by atoms with Crippen molar-refractivity contribution in [3.05, 3.63) is 23.3 Å². The van der Waals surface area contributed by atoms with Gasteiger partial charge in [0.15, 0.2) is 13.8 Å². The van der Waals surface area contributed by atoms with Crippen LogP contribution in [0.15, 0.2) is 20.8 Å². The fraction of sp³-hybridized carbons (Fsp3) is 0.286. The Morgan fingerprint density at radius 1 is 1.22 bits per heavy atom. The molecule has 23 heavy (non-hydrogen) atoms. The van der Waals surface area contributed by atoms with Gasteiger partial charge in [-0.3, -0.25) is 4.79 Å². The molecule has 2 heterocycles. The molecule has 2 aromatic heterocycles. The summed E-state index contributed by atoms with van der Waals surface area (Å²) in [7, 11) is 0. The monoisotopic (exact) mass is 382 g/mol. The van der Waals surface area contributed by atoms with Gasteiger partial charge in [-0.2, -0.15) is 0 Å². The topological polar surface area (TPSA) is 67.8 Å². The molecule has 3 aromatic rings. The van der Waals surface area contributed by atoms with Crippen molar-refractivity contribution in [1.29, 1.82) is 0 Å². The number of nitrogens with one attached hydrogen (secondary N) is 1. The second-order valence-corrected chi connectivity index (χ2v) is 9.11. The van der Waals surface area contributed by atoms with Crippen LogP contribution in [0.1, 0.15) is 11.1 Å². The first-order valence-corrected chi connectivity index (χ1v) is 10.6. The van der Waals surface area contributed by atoms with Gasteiger partial charge in [-0.05, 0) is 37.3 Å². The number of carbonyl (C=O) groups is 1. The standard InChI is InChI=1S/C14H14N4OS4/c1-7-4-8(2)11-9(5-7)22-12(16-11)15-10(19)6-21-14-18-17-13(20-3)23-14/h4-5H,6H2,1-3H3,(H,15,16,19). The van der Waals surface area contributed by atoms with Gasteiger partial charge in [0, 0.05) is 0 Å². The zero-order valence-electron chi connectivity index (χ0n) is 12.7. The van der Waals surface area contributed by atoms with E-state index in [4.69, 9.17) is 0 Å². The van der Waals surface area contributed by atoms with E-state index < -0.39 is 0 Å². The van der Waals surface area contributed by atoms with Gasteiger partial charge in [-0.15, -0.1) is 10.2 Å². The average molecular weight is 383 g/mol. The first-order chi connectivity index (χ1) is 11.0. The van der Waals surface area contributed by atoms with Gasteiger partial charge in [-0.1, -0.05) is 52.3 Å². The highest BCUT2D eigenvalue weighted by atomic mass is 32.2. The van der Waals surface area contributed by atoms with Crippen LogP contribution in [0.3, 0.4) is 0 Å². The van der Waals surface area contributed by atoms with E-state index in [1.54, 1.807) is 11.8 Å². The number of thiazole rings is 1. The molecule has 1 N–H and O–H groups in total. The molecule has 0 fully saturated rings. The minimum absolute atomic E-state index is 0.0793. The summed E-state index contributed by atoms with van der Waals surface area (Å²) in [6, 6.07) is 4.19. The Morgan fingerprint density at radius 3 is 2.74 bits per heavy atom. The number of anilines is 1. The van der Waals surface area contributed by atoms with Gasteiger partial charge in [0.25, 0.3) is 0 Å². The number of thioether (sulfide) groups is 2. The number of aryl methyl sites for hydroxylation is 2. The van der Waals surface area contributed by atoms with Gasteiger partial charge in [-0.25, -0.2) is 4.98 Å². The molecule has 0 atom stereocenters. The number of rotatable bonds is 5. The van der Waals surface area contributed by atoms with Crippen LogP contribution in [-0.4, -0.2) is 33.1 Å². The second-order valence-electron chi connectivity index (χ2n) is 4.82. The first kappa shape index (κ1) is 16.7. The smallest absolute Gasteiger partial charge is 0.236 e. The molecule has 0 saturated heterocycles. The molecule has 0 aliphatic heterocycles. The molecule has 0 unspecified atom stereocenters. The molecule has 0 saturated carbocycles. The highest BCUT2D eigenvalue weighted by Crippen LogP contribution is 2.30. The van der Waals surface area contributed by atoms with E-state index in [9.17, 15) is 4.79 Å². The molecule has 0 bridgehead atoms. The molecule has 3 rings (SSSR count). The van der Waals surface area contributed by atoms with Crippen molar-refractivity contribution in [3.63, 3.8) is 0 Å². The van der Waals surface area contributed by atoms with Gasteiger partial charge in [0.1, 0.15) is 0 Å². The lowest BCUT2D eigenvalue weighted by Crippen LogP contribution is -2.13. The maximum absolute atomic E-state index is 12.1. The Bertz CT molecular complexity index is 858. The van der Waals surface area contributed by atoms with E-state index in [-0.39, 0.29) is 5.91 Å². The Labute approximate surface area is 150 Å². The summed E-state index contributed by atoms with van der Waals surface area (Å²) in [4.78, 5) is 16.6. The predicted octanol–water partition coefficient (Wildman–Crippen LogP) is 4.22. The van der Waals surface area contributed by atoms with Crippen molar-refractivity contribution in [2.75, 3.05) is 17.3 Å². The van der Waals surface area contributed by atoms with Crippen LogP contribution in [0.4, 0.5) is 5.13 Å². The quantitative estimate of drug-likeness (QED) is 0.667. The van der Waals surface area contributed by atoms with E-state index in [0.29, 0.717) is 10.9 Å². The van der Waals surface area contributed by atoms with Crippen molar-refractivity contribution >= 4 is 67.5 Å². The Kier molecular flexibility index (Phi) is 5.20. The van der Waals surface area contributed by atoms with Crippen LogP contribution in [0.25, 0.3) is 10.2 Å². The predicted molar refractivity (Wildman–Crippen MR) is 100 cm³/mol. The average Bonchev–Trinajstić information content (AvgIpc) is 3.11. The van der Waals surface area contributed by atoms with E-state index in [1.165, 1.54) is 40.0 Å².